The molecule has 2 N–H and O–H groups in total. The van der Waals surface area contributed by atoms with E-state index < -0.39 is 11.9 Å². The van der Waals surface area contributed by atoms with Crippen LogP contribution in [-0.4, -0.2) is 0 Å². The van der Waals surface area contributed by atoms with E-state index in [1.165, 1.54) is 18.2 Å². The molecule has 0 aliphatic heterocycles. The molecule has 2 aromatic rings. The molecule has 0 spiro atoms. The second-order valence-electron chi connectivity index (χ2n) is 4.16. The summed E-state index contributed by atoms with van der Waals surface area (Å²) >= 11 is 5.71. The van der Waals surface area contributed by atoms with Gasteiger partial charge in [0.25, 0.3) is 0 Å². The lowest BCUT2D eigenvalue weighted by Crippen LogP contribution is -2.12. The van der Waals surface area contributed by atoms with Gasteiger partial charge in [0.05, 0.1) is 11.1 Å². The topological polar surface area (TPSA) is 26.0 Å². The Labute approximate surface area is 109 Å². The van der Waals surface area contributed by atoms with E-state index in [9.17, 15) is 8.78 Å². The highest BCUT2D eigenvalue weighted by Gasteiger charge is 2.12. The third kappa shape index (κ3) is 2.52. The van der Waals surface area contributed by atoms with E-state index in [1.54, 1.807) is 25.1 Å². The minimum atomic E-state index is -0.483. The number of hydrogen-bond acceptors (Lipinski definition) is 1. The van der Waals surface area contributed by atoms with E-state index in [0.29, 0.717) is 11.1 Å². The molecule has 2 rings (SSSR count). The smallest absolute Gasteiger partial charge is 0.141 e. The molecule has 2 aromatic carbocycles. The molecule has 0 fully saturated rings. The molecule has 0 bridgehead atoms. The third-order valence-corrected chi connectivity index (χ3v) is 3.13. The van der Waals surface area contributed by atoms with Crippen LogP contribution >= 0.6 is 11.6 Å². The maximum atomic E-state index is 13.2. The minimum Gasteiger partial charge on any atom is -0.320 e. The summed E-state index contributed by atoms with van der Waals surface area (Å²) in [5.41, 5.74) is 8.02. The maximum Gasteiger partial charge on any atom is 0.141 e. The van der Waals surface area contributed by atoms with Gasteiger partial charge in [-0.25, -0.2) is 8.78 Å². The zero-order valence-electron chi connectivity index (χ0n) is 9.75. The summed E-state index contributed by atoms with van der Waals surface area (Å²) in [6.07, 6.45) is 0. The SMILES string of the molecule is Cc1cc(C(N)c2ccc(F)c(Cl)c2)ccc1F. The number of halogens is 3. The predicted octanol–water partition coefficient (Wildman–Crippen LogP) is 3.97. The molecule has 0 saturated heterocycles. The largest absolute Gasteiger partial charge is 0.320 e. The van der Waals surface area contributed by atoms with E-state index in [2.05, 4.69) is 0 Å². The van der Waals surface area contributed by atoms with Gasteiger partial charge in [-0.3, -0.25) is 0 Å². The van der Waals surface area contributed by atoms with Crippen LogP contribution in [0.5, 0.6) is 0 Å². The molecule has 4 heteroatoms. The monoisotopic (exact) mass is 267 g/mol. The summed E-state index contributed by atoms with van der Waals surface area (Å²) in [6, 6.07) is 8.54. The van der Waals surface area contributed by atoms with Gasteiger partial charge in [-0.15, -0.1) is 0 Å². The molecule has 1 atom stereocenters. The fraction of sp³-hybridized carbons (Fsp3) is 0.143. The van der Waals surface area contributed by atoms with Crippen molar-refractivity contribution in [3.05, 3.63) is 69.7 Å². The molecule has 0 aliphatic carbocycles. The molecule has 0 saturated carbocycles. The zero-order valence-corrected chi connectivity index (χ0v) is 10.5. The Morgan fingerprint density at radius 3 is 2.11 bits per heavy atom. The van der Waals surface area contributed by atoms with Gasteiger partial charge in [-0.1, -0.05) is 29.8 Å². The van der Waals surface area contributed by atoms with Gasteiger partial charge in [0.15, 0.2) is 0 Å². The molecule has 0 radical (unpaired) electrons. The number of aryl methyl sites for hydroxylation is 1. The second kappa shape index (κ2) is 5.04. The van der Waals surface area contributed by atoms with Crippen molar-refractivity contribution in [2.45, 2.75) is 13.0 Å². The van der Waals surface area contributed by atoms with Crippen LogP contribution in [-0.2, 0) is 0 Å². The summed E-state index contributed by atoms with van der Waals surface area (Å²) in [4.78, 5) is 0. The van der Waals surface area contributed by atoms with Gasteiger partial charge in [0.2, 0.25) is 0 Å². The van der Waals surface area contributed by atoms with Crippen molar-refractivity contribution in [2.24, 2.45) is 5.73 Å². The van der Waals surface area contributed by atoms with Crippen LogP contribution < -0.4 is 5.73 Å². The van der Waals surface area contributed by atoms with Gasteiger partial charge in [0.1, 0.15) is 11.6 Å². The standard InChI is InChI=1S/C14H12ClF2N/c1-8-6-9(2-4-12(8)16)14(18)10-3-5-13(17)11(15)7-10/h2-7,14H,18H2,1H3. The summed E-state index contributed by atoms with van der Waals surface area (Å²) < 4.78 is 26.2. The molecule has 18 heavy (non-hydrogen) atoms. The molecule has 0 aromatic heterocycles. The Balaban J connectivity index is 2.37. The first kappa shape index (κ1) is 13.0. The lowest BCUT2D eigenvalue weighted by molar-refractivity contribution is 0.616. The van der Waals surface area contributed by atoms with Crippen molar-refractivity contribution in [2.75, 3.05) is 0 Å². The minimum absolute atomic E-state index is 0.0294. The highest BCUT2D eigenvalue weighted by atomic mass is 35.5. The van der Waals surface area contributed by atoms with Crippen molar-refractivity contribution < 1.29 is 8.78 Å². The van der Waals surface area contributed by atoms with E-state index >= 15 is 0 Å². The number of benzene rings is 2. The second-order valence-corrected chi connectivity index (χ2v) is 4.57. The Bertz CT molecular complexity index is 533. The van der Waals surface area contributed by atoms with Crippen LogP contribution in [0, 0.1) is 18.6 Å². The van der Waals surface area contributed by atoms with E-state index in [-0.39, 0.29) is 10.8 Å². The van der Waals surface area contributed by atoms with Crippen LogP contribution in [0.25, 0.3) is 0 Å². The van der Waals surface area contributed by atoms with Gasteiger partial charge < -0.3 is 5.73 Å². The fourth-order valence-electron chi connectivity index (χ4n) is 1.76. The Hall–Kier alpha value is -1.45. The molecule has 94 valence electrons. The molecule has 0 aliphatic rings. The van der Waals surface area contributed by atoms with Crippen LogP contribution in [0.4, 0.5) is 8.78 Å². The summed E-state index contributed by atoms with van der Waals surface area (Å²) in [6.45, 7) is 1.67. The van der Waals surface area contributed by atoms with Gasteiger partial charge >= 0.3 is 0 Å². The average molecular weight is 268 g/mol. The Kier molecular flexibility index (Phi) is 3.64. The number of rotatable bonds is 2. The van der Waals surface area contributed by atoms with E-state index in [4.69, 9.17) is 17.3 Å². The lowest BCUT2D eigenvalue weighted by Gasteiger charge is -2.14. The third-order valence-electron chi connectivity index (χ3n) is 2.84. The van der Waals surface area contributed by atoms with Crippen molar-refractivity contribution in [1.29, 1.82) is 0 Å². The van der Waals surface area contributed by atoms with Gasteiger partial charge in [-0.2, -0.15) is 0 Å². The zero-order chi connectivity index (χ0) is 13.3. The summed E-state index contributed by atoms with van der Waals surface area (Å²) in [5, 5.41) is 0.0294. The molecular weight excluding hydrogens is 256 g/mol. The quantitative estimate of drug-likeness (QED) is 0.875. The lowest BCUT2D eigenvalue weighted by atomic mass is 9.98. The molecule has 1 unspecified atom stereocenters. The normalized spacial score (nSPS) is 12.5. The van der Waals surface area contributed by atoms with Crippen molar-refractivity contribution in [1.82, 2.24) is 0 Å². The van der Waals surface area contributed by atoms with Crippen LogP contribution in [0.2, 0.25) is 5.02 Å². The summed E-state index contributed by atoms with van der Waals surface area (Å²) in [7, 11) is 0. The van der Waals surface area contributed by atoms with Crippen molar-refractivity contribution in [3.63, 3.8) is 0 Å². The fourth-order valence-corrected chi connectivity index (χ4v) is 1.95. The Morgan fingerprint density at radius 1 is 1.00 bits per heavy atom. The highest BCUT2D eigenvalue weighted by molar-refractivity contribution is 6.30. The molecule has 0 heterocycles. The van der Waals surface area contributed by atoms with Gasteiger partial charge in [0, 0.05) is 0 Å². The molecule has 1 nitrogen and oxygen atoms in total. The van der Waals surface area contributed by atoms with Crippen LogP contribution in [0.15, 0.2) is 36.4 Å². The molecule has 0 amide bonds. The van der Waals surface area contributed by atoms with Gasteiger partial charge in [-0.05, 0) is 41.8 Å². The highest BCUT2D eigenvalue weighted by Crippen LogP contribution is 2.25. The van der Waals surface area contributed by atoms with E-state index in [0.717, 1.165) is 5.56 Å². The Morgan fingerprint density at radius 2 is 1.56 bits per heavy atom. The summed E-state index contributed by atoms with van der Waals surface area (Å²) in [5.74, 6) is -0.758. The van der Waals surface area contributed by atoms with Crippen molar-refractivity contribution >= 4 is 11.6 Å². The first-order valence-corrected chi connectivity index (χ1v) is 5.83. The van der Waals surface area contributed by atoms with Crippen LogP contribution in [0.1, 0.15) is 22.7 Å². The first-order chi connectivity index (χ1) is 8.49. The molecular formula is C14H12ClF2N. The average Bonchev–Trinajstić information content (AvgIpc) is 2.35. The number of nitrogens with two attached hydrogens (primary N) is 1. The van der Waals surface area contributed by atoms with Crippen LogP contribution in [0.3, 0.4) is 0 Å². The van der Waals surface area contributed by atoms with E-state index in [1.807, 2.05) is 0 Å². The first-order valence-electron chi connectivity index (χ1n) is 5.45. The number of hydrogen-bond donors (Lipinski definition) is 1. The predicted molar refractivity (Wildman–Crippen MR) is 68.6 cm³/mol. The maximum absolute atomic E-state index is 13.2. The van der Waals surface area contributed by atoms with Crippen molar-refractivity contribution in [3.8, 4) is 0 Å².